The Hall–Kier alpha value is -0.430. The minimum absolute atomic E-state index is 0.0797. The fourth-order valence-corrected chi connectivity index (χ4v) is 4.65. The predicted molar refractivity (Wildman–Crippen MR) is 74.6 cm³/mol. The summed E-state index contributed by atoms with van der Waals surface area (Å²) in [4.78, 5) is 0.284. The van der Waals surface area contributed by atoms with Gasteiger partial charge in [-0.15, -0.1) is 0 Å². The van der Waals surface area contributed by atoms with Crippen LogP contribution in [0.4, 0.5) is 0 Å². The van der Waals surface area contributed by atoms with Gasteiger partial charge in [0, 0.05) is 17.1 Å². The molecule has 1 fully saturated rings. The van der Waals surface area contributed by atoms with Gasteiger partial charge in [0.25, 0.3) is 0 Å². The van der Waals surface area contributed by atoms with Gasteiger partial charge in [-0.25, -0.2) is 13.1 Å². The van der Waals surface area contributed by atoms with Crippen LogP contribution in [0.25, 0.3) is 0 Å². The second-order valence-corrected chi connectivity index (χ2v) is 7.11. The SMILES string of the molecule is NCc1ccc(S(=O)(=O)NC2CCCC2)c(Br)c1. The van der Waals surface area contributed by atoms with Crippen molar-refractivity contribution in [1.82, 2.24) is 4.72 Å². The van der Waals surface area contributed by atoms with E-state index in [0.717, 1.165) is 31.2 Å². The molecule has 0 spiro atoms. The maximum atomic E-state index is 12.2. The van der Waals surface area contributed by atoms with Crippen LogP contribution in [0.1, 0.15) is 31.2 Å². The smallest absolute Gasteiger partial charge is 0.241 e. The molecule has 0 atom stereocenters. The van der Waals surface area contributed by atoms with Crippen molar-refractivity contribution in [2.45, 2.75) is 43.2 Å². The summed E-state index contributed by atoms with van der Waals surface area (Å²) in [6.45, 7) is 0.398. The molecule has 0 bridgehead atoms. The molecule has 1 aliphatic rings. The first-order valence-electron chi connectivity index (χ1n) is 6.04. The summed E-state index contributed by atoms with van der Waals surface area (Å²) in [7, 11) is -3.44. The van der Waals surface area contributed by atoms with E-state index in [1.165, 1.54) is 0 Å². The Bertz CT molecular complexity index is 525. The second-order valence-electron chi connectivity index (χ2n) is 4.57. The quantitative estimate of drug-likeness (QED) is 0.887. The Labute approximate surface area is 116 Å². The molecular formula is C12H17BrN2O2S. The molecule has 0 heterocycles. The Balaban J connectivity index is 2.23. The third-order valence-electron chi connectivity index (χ3n) is 3.20. The van der Waals surface area contributed by atoms with E-state index >= 15 is 0 Å². The van der Waals surface area contributed by atoms with Crippen LogP contribution in [-0.2, 0) is 16.6 Å². The fourth-order valence-electron chi connectivity index (χ4n) is 2.22. The fraction of sp³-hybridized carbons (Fsp3) is 0.500. The highest BCUT2D eigenvalue weighted by molar-refractivity contribution is 9.10. The number of hydrogen-bond acceptors (Lipinski definition) is 3. The molecule has 1 aromatic carbocycles. The van der Waals surface area contributed by atoms with Crippen LogP contribution >= 0.6 is 15.9 Å². The molecule has 3 N–H and O–H groups in total. The van der Waals surface area contributed by atoms with E-state index in [9.17, 15) is 8.42 Å². The summed E-state index contributed by atoms with van der Waals surface area (Å²) in [5, 5.41) is 0. The van der Waals surface area contributed by atoms with Crippen LogP contribution in [0.2, 0.25) is 0 Å². The van der Waals surface area contributed by atoms with E-state index in [1.807, 2.05) is 0 Å². The molecule has 1 aromatic rings. The number of halogens is 1. The Morgan fingerprint density at radius 3 is 2.56 bits per heavy atom. The van der Waals surface area contributed by atoms with Gasteiger partial charge in [0.1, 0.15) is 0 Å². The highest BCUT2D eigenvalue weighted by Crippen LogP contribution is 2.25. The first-order valence-corrected chi connectivity index (χ1v) is 8.31. The van der Waals surface area contributed by atoms with E-state index in [0.29, 0.717) is 11.0 Å². The van der Waals surface area contributed by atoms with Crippen molar-refractivity contribution >= 4 is 26.0 Å². The summed E-state index contributed by atoms with van der Waals surface area (Å²) in [6, 6.07) is 5.18. The van der Waals surface area contributed by atoms with Crippen molar-refractivity contribution in [1.29, 1.82) is 0 Å². The van der Waals surface area contributed by atoms with E-state index in [1.54, 1.807) is 18.2 Å². The van der Waals surface area contributed by atoms with E-state index in [-0.39, 0.29) is 10.9 Å². The highest BCUT2D eigenvalue weighted by atomic mass is 79.9. The van der Waals surface area contributed by atoms with Crippen molar-refractivity contribution in [3.8, 4) is 0 Å². The van der Waals surface area contributed by atoms with Crippen LogP contribution in [0.15, 0.2) is 27.6 Å². The molecule has 1 saturated carbocycles. The summed E-state index contributed by atoms with van der Waals surface area (Å²) >= 11 is 3.30. The lowest BCUT2D eigenvalue weighted by atomic mass is 10.2. The van der Waals surface area contributed by atoms with Gasteiger partial charge < -0.3 is 5.73 Å². The van der Waals surface area contributed by atoms with Crippen molar-refractivity contribution in [3.05, 3.63) is 28.2 Å². The van der Waals surface area contributed by atoms with Crippen LogP contribution in [0, 0.1) is 0 Å². The first-order chi connectivity index (χ1) is 8.53. The van der Waals surface area contributed by atoms with Gasteiger partial charge in [-0.3, -0.25) is 0 Å². The maximum Gasteiger partial charge on any atom is 0.241 e. The van der Waals surface area contributed by atoms with E-state index in [4.69, 9.17) is 5.73 Å². The third-order valence-corrected chi connectivity index (χ3v) is 5.70. The van der Waals surface area contributed by atoms with Gasteiger partial charge >= 0.3 is 0 Å². The molecule has 100 valence electrons. The summed E-state index contributed by atoms with van der Waals surface area (Å²) < 4.78 is 27.8. The first kappa shape index (κ1) is 14.0. The van der Waals surface area contributed by atoms with Gasteiger partial charge in [0.15, 0.2) is 0 Å². The summed E-state index contributed by atoms with van der Waals surface area (Å²) in [5.41, 5.74) is 6.43. The largest absolute Gasteiger partial charge is 0.326 e. The van der Waals surface area contributed by atoms with Crippen molar-refractivity contribution in [3.63, 3.8) is 0 Å². The summed E-state index contributed by atoms with van der Waals surface area (Å²) in [6.07, 6.45) is 4.05. The van der Waals surface area contributed by atoms with Crippen LogP contribution in [0.5, 0.6) is 0 Å². The topological polar surface area (TPSA) is 72.2 Å². The zero-order valence-corrected chi connectivity index (χ0v) is 12.4. The Morgan fingerprint density at radius 1 is 1.33 bits per heavy atom. The third kappa shape index (κ3) is 3.12. The molecule has 0 unspecified atom stereocenters. The number of rotatable bonds is 4. The zero-order valence-electron chi connectivity index (χ0n) is 10.0. The van der Waals surface area contributed by atoms with Crippen LogP contribution < -0.4 is 10.5 Å². The summed E-state index contributed by atoms with van der Waals surface area (Å²) in [5.74, 6) is 0. The molecule has 4 nitrogen and oxygen atoms in total. The predicted octanol–water partition coefficient (Wildman–Crippen LogP) is 2.13. The van der Waals surface area contributed by atoms with Crippen LogP contribution in [-0.4, -0.2) is 14.5 Å². The molecule has 0 saturated heterocycles. The van der Waals surface area contributed by atoms with Crippen LogP contribution in [0.3, 0.4) is 0 Å². The highest BCUT2D eigenvalue weighted by Gasteiger charge is 2.24. The molecule has 0 aromatic heterocycles. The Morgan fingerprint density at radius 2 is 2.00 bits per heavy atom. The van der Waals surface area contributed by atoms with Gasteiger partial charge in [-0.05, 0) is 46.5 Å². The normalized spacial score (nSPS) is 17.2. The Kier molecular flexibility index (Phi) is 4.42. The molecule has 2 rings (SSSR count). The molecule has 1 aliphatic carbocycles. The lowest BCUT2D eigenvalue weighted by Gasteiger charge is -2.14. The average Bonchev–Trinajstić information content (AvgIpc) is 2.80. The number of sulfonamides is 1. The maximum absolute atomic E-state index is 12.2. The lowest BCUT2D eigenvalue weighted by molar-refractivity contribution is 0.552. The number of nitrogens with one attached hydrogen (secondary N) is 1. The molecule has 18 heavy (non-hydrogen) atoms. The van der Waals surface area contributed by atoms with E-state index < -0.39 is 10.0 Å². The molecule has 6 heteroatoms. The molecule has 0 radical (unpaired) electrons. The van der Waals surface area contributed by atoms with E-state index in [2.05, 4.69) is 20.7 Å². The van der Waals surface area contributed by atoms with Crippen molar-refractivity contribution < 1.29 is 8.42 Å². The van der Waals surface area contributed by atoms with Gasteiger partial charge in [-0.2, -0.15) is 0 Å². The van der Waals surface area contributed by atoms with Crippen molar-refractivity contribution in [2.75, 3.05) is 0 Å². The average molecular weight is 333 g/mol. The van der Waals surface area contributed by atoms with Gasteiger partial charge in [0.2, 0.25) is 10.0 Å². The standard InChI is InChI=1S/C12H17BrN2O2S/c13-11-7-9(8-14)5-6-12(11)18(16,17)15-10-3-1-2-4-10/h5-7,10,15H,1-4,8,14H2. The van der Waals surface area contributed by atoms with Gasteiger partial charge in [-0.1, -0.05) is 18.9 Å². The molecule has 0 amide bonds. The molecule has 0 aliphatic heterocycles. The zero-order chi connectivity index (χ0) is 13.2. The lowest BCUT2D eigenvalue weighted by Crippen LogP contribution is -2.32. The number of nitrogens with two attached hydrogens (primary N) is 1. The minimum atomic E-state index is -3.44. The van der Waals surface area contributed by atoms with Crippen molar-refractivity contribution in [2.24, 2.45) is 5.73 Å². The number of benzene rings is 1. The number of hydrogen-bond donors (Lipinski definition) is 2. The monoisotopic (exact) mass is 332 g/mol. The second kappa shape index (κ2) is 5.69. The van der Waals surface area contributed by atoms with Gasteiger partial charge in [0.05, 0.1) is 4.90 Å². The minimum Gasteiger partial charge on any atom is -0.326 e. The molecular weight excluding hydrogens is 316 g/mol.